The van der Waals surface area contributed by atoms with Crippen LogP contribution in [0.4, 0.5) is 0 Å². The number of hydrogen-bond acceptors (Lipinski definition) is 4. The molecule has 1 saturated heterocycles. The summed E-state index contributed by atoms with van der Waals surface area (Å²) in [6.07, 6.45) is 0.425. The molecular weight excluding hydrogens is 170 g/mol. The van der Waals surface area contributed by atoms with Gasteiger partial charge in [-0.1, -0.05) is 5.16 Å². The van der Waals surface area contributed by atoms with Gasteiger partial charge in [0.2, 0.25) is 11.8 Å². The van der Waals surface area contributed by atoms with Crippen molar-refractivity contribution in [2.45, 2.75) is 25.7 Å². The Morgan fingerprint density at radius 1 is 1.62 bits per heavy atom. The highest BCUT2D eigenvalue weighted by Gasteiger charge is 2.40. The highest BCUT2D eigenvalue weighted by molar-refractivity contribution is 5.80. The van der Waals surface area contributed by atoms with Crippen molar-refractivity contribution in [3.05, 3.63) is 11.7 Å². The third-order valence-electron chi connectivity index (χ3n) is 2.27. The van der Waals surface area contributed by atoms with Gasteiger partial charge in [0.25, 0.3) is 0 Å². The molecule has 1 aromatic rings. The fraction of sp³-hybridized carbons (Fsp3) is 0.625. The summed E-state index contributed by atoms with van der Waals surface area (Å²) in [7, 11) is 0. The van der Waals surface area contributed by atoms with E-state index in [1.54, 1.807) is 6.92 Å². The minimum atomic E-state index is -0.321. The Labute approximate surface area is 75.5 Å². The smallest absolute Gasteiger partial charge is 0.234 e. The van der Waals surface area contributed by atoms with Crippen LogP contribution in [0.25, 0.3) is 0 Å². The standard InChI is InChI=1S/C8H11N3O2/c1-5-10-7(13-11-5)8(2)3-6(12)9-4-8/h3-4H2,1-2H3,(H,9,12). The van der Waals surface area contributed by atoms with Crippen LogP contribution in [0.1, 0.15) is 25.1 Å². The first-order valence-corrected chi connectivity index (χ1v) is 4.18. The van der Waals surface area contributed by atoms with E-state index >= 15 is 0 Å². The lowest BCUT2D eigenvalue weighted by molar-refractivity contribution is -0.119. The van der Waals surface area contributed by atoms with Gasteiger partial charge in [-0.05, 0) is 13.8 Å². The van der Waals surface area contributed by atoms with Gasteiger partial charge in [0, 0.05) is 13.0 Å². The number of aryl methyl sites for hydroxylation is 1. The largest absolute Gasteiger partial charge is 0.355 e. The Hall–Kier alpha value is -1.39. The molecule has 0 spiro atoms. The average molecular weight is 181 g/mol. The van der Waals surface area contributed by atoms with E-state index in [0.717, 1.165) is 0 Å². The topological polar surface area (TPSA) is 68.0 Å². The number of nitrogens with zero attached hydrogens (tertiary/aromatic N) is 2. The fourth-order valence-electron chi connectivity index (χ4n) is 1.47. The van der Waals surface area contributed by atoms with Gasteiger partial charge in [0.15, 0.2) is 5.82 Å². The van der Waals surface area contributed by atoms with Crippen molar-refractivity contribution in [2.75, 3.05) is 6.54 Å². The summed E-state index contributed by atoms with van der Waals surface area (Å²) in [5.74, 6) is 1.19. The van der Waals surface area contributed by atoms with E-state index in [1.165, 1.54) is 0 Å². The highest BCUT2D eigenvalue weighted by Crippen LogP contribution is 2.28. The zero-order valence-corrected chi connectivity index (χ0v) is 7.63. The number of nitrogens with one attached hydrogen (secondary N) is 1. The highest BCUT2D eigenvalue weighted by atomic mass is 16.5. The van der Waals surface area contributed by atoms with E-state index in [9.17, 15) is 4.79 Å². The first kappa shape index (κ1) is 8.22. The second-order valence-corrected chi connectivity index (χ2v) is 3.66. The summed E-state index contributed by atoms with van der Waals surface area (Å²) in [4.78, 5) is 15.2. The minimum Gasteiger partial charge on any atom is -0.355 e. The molecular formula is C8H11N3O2. The SMILES string of the molecule is Cc1noc(C2(C)CNC(=O)C2)n1. The van der Waals surface area contributed by atoms with Crippen molar-refractivity contribution in [2.24, 2.45) is 0 Å². The number of carbonyl (C=O) groups excluding carboxylic acids is 1. The lowest BCUT2D eigenvalue weighted by Gasteiger charge is -2.14. The van der Waals surface area contributed by atoms with Crippen LogP contribution in [0.2, 0.25) is 0 Å². The summed E-state index contributed by atoms with van der Waals surface area (Å²) in [6, 6.07) is 0. The summed E-state index contributed by atoms with van der Waals surface area (Å²) in [5, 5.41) is 6.46. The Morgan fingerprint density at radius 2 is 2.38 bits per heavy atom. The van der Waals surface area contributed by atoms with Crippen LogP contribution in [0.15, 0.2) is 4.52 Å². The van der Waals surface area contributed by atoms with Gasteiger partial charge in [0.1, 0.15) is 0 Å². The van der Waals surface area contributed by atoms with Crippen LogP contribution in [0, 0.1) is 6.92 Å². The summed E-state index contributed by atoms with van der Waals surface area (Å²) in [5.41, 5.74) is -0.321. The summed E-state index contributed by atoms with van der Waals surface area (Å²) in [6.45, 7) is 4.28. The number of aromatic nitrogens is 2. The van der Waals surface area contributed by atoms with Crippen molar-refractivity contribution in [3.8, 4) is 0 Å². The maximum absolute atomic E-state index is 11.0. The number of rotatable bonds is 1. The molecule has 70 valence electrons. The van der Waals surface area contributed by atoms with Crippen molar-refractivity contribution in [3.63, 3.8) is 0 Å². The fourth-order valence-corrected chi connectivity index (χ4v) is 1.47. The second kappa shape index (κ2) is 2.55. The van der Waals surface area contributed by atoms with E-state index in [0.29, 0.717) is 24.7 Å². The normalized spacial score (nSPS) is 27.7. The lowest BCUT2D eigenvalue weighted by Crippen LogP contribution is -2.25. The Bertz CT molecular complexity index is 347. The zero-order chi connectivity index (χ0) is 9.47. The molecule has 5 heteroatoms. The lowest BCUT2D eigenvalue weighted by atomic mass is 9.90. The van der Waals surface area contributed by atoms with E-state index in [1.807, 2.05) is 6.92 Å². The number of hydrogen-bond donors (Lipinski definition) is 1. The molecule has 2 rings (SSSR count). The van der Waals surface area contributed by atoms with Crippen molar-refractivity contribution in [1.29, 1.82) is 0 Å². The molecule has 1 N–H and O–H groups in total. The Morgan fingerprint density at radius 3 is 2.85 bits per heavy atom. The third-order valence-corrected chi connectivity index (χ3v) is 2.27. The molecule has 0 saturated carbocycles. The number of carbonyl (C=O) groups is 1. The number of amides is 1. The molecule has 13 heavy (non-hydrogen) atoms. The quantitative estimate of drug-likeness (QED) is 0.669. The van der Waals surface area contributed by atoms with Crippen molar-refractivity contribution in [1.82, 2.24) is 15.5 Å². The van der Waals surface area contributed by atoms with Crippen LogP contribution in [0.3, 0.4) is 0 Å². The average Bonchev–Trinajstić information content (AvgIpc) is 2.60. The van der Waals surface area contributed by atoms with Crippen LogP contribution < -0.4 is 5.32 Å². The molecule has 2 heterocycles. The van der Waals surface area contributed by atoms with Crippen molar-refractivity contribution >= 4 is 5.91 Å². The molecule has 5 nitrogen and oxygen atoms in total. The van der Waals surface area contributed by atoms with Gasteiger partial charge in [-0.25, -0.2) is 0 Å². The van der Waals surface area contributed by atoms with E-state index < -0.39 is 0 Å². The molecule has 1 fully saturated rings. The molecule has 1 aliphatic heterocycles. The van der Waals surface area contributed by atoms with Gasteiger partial charge < -0.3 is 9.84 Å². The van der Waals surface area contributed by atoms with Crippen LogP contribution in [-0.4, -0.2) is 22.6 Å². The van der Waals surface area contributed by atoms with E-state index in [2.05, 4.69) is 15.5 Å². The van der Waals surface area contributed by atoms with Gasteiger partial charge in [-0.15, -0.1) is 0 Å². The Kier molecular flexibility index (Phi) is 1.61. The molecule has 0 aromatic carbocycles. The summed E-state index contributed by atoms with van der Waals surface area (Å²) >= 11 is 0. The van der Waals surface area contributed by atoms with Gasteiger partial charge in [-0.2, -0.15) is 4.98 Å². The van der Waals surface area contributed by atoms with Crippen LogP contribution >= 0.6 is 0 Å². The first-order chi connectivity index (χ1) is 6.10. The van der Waals surface area contributed by atoms with E-state index in [-0.39, 0.29) is 11.3 Å². The molecule has 1 aromatic heterocycles. The predicted molar refractivity (Wildman–Crippen MR) is 44.0 cm³/mol. The predicted octanol–water partition coefficient (Wildman–Crippen LogP) is 0.156. The van der Waals surface area contributed by atoms with Crippen molar-refractivity contribution < 1.29 is 9.32 Å². The maximum Gasteiger partial charge on any atom is 0.234 e. The van der Waals surface area contributed by atoms with Crippen LogP contribution in [-0.2, 0) is 10.2 Å². The third kappa shape index (κ3) is 1.30. The molecule has 1 aliphatic rings. The molecule has 1 atom stereocenters. The zero-order valence-electron chi connectivity index (χ0n) is 7.63. The molecule has 1 amide bonds. The van der Waals surface area contributed by atoms with E-state index in [4.69, 9.17) is 4.52 Å². The second-order valence-electron chi connectivity index (χ2n) is 3.66. The van der Waals surface area contributed by atoms with Crippen LogP contribution in [0.5, 0.6) is 0 Å². The molecule has 1 unspecified atom stereocenters. The molecule has 0 bridgehead atoms. The Balaban J connectivity index is 2.30. The van der Waals surface area contributed by atoms with Gasteiger partial charge in [0.05, 0.1) is 5.41 Å². The monoisotopic (exact) mass is 181 g/mol. The minimum absolute atomic E-state index is 0.0401. The first-order valence-electron chi connectivity index (χ1n) is 4.18. The maximum atomic E-state index is 11.0. The molecule has 0 aliphatic carbocycles. The van der Waals surface area contributed by atoms with Gasteiger partial charge >= 0.3 is 0 Å². The summed E-state index contributed by atoms with van der Waals surface area (Å²) < 4.78 is 5.05. The van der Waals surface area contributed by atoms with Gasteiger partial charge in [-0.3, -0.25) is 4.79 Å². The molecule has 0 radical (unpaired) electrons.